The number of fused-ring (bicyclic) bond motifs is 1. The van der Waals surface area contributed by atoms with Gasteiger partial charge in [-0.25, -0.2) is 0 Å². The van der Waals surface area contributed by atoms with E-state index in [9.17, 15) is 4.79 Å². The molecule has 2 heterocycles. The highest BCUT2D eigenvalue weighted by Gasteiger charge is 2.22. The number of likely N-dealkylation sites (tertiary alicyclic amines) is 1. The second-order valence-electron chi connectivity index (χ2n) is 7.58. The largest absolute Gasteiger partial charge is 0.300 e. The third-order valence-corrected chi connectivity index (χ3v) is 5.28. The summed E-state index contributed by atoms with van der Waals surface area (Å²) < 4.78 is 0. The molecule has 0 spiro atoms. The third-order valence-electron chi connectivity index (χ3n) is 5.28. The van der Waals surface area contributed by atoms with Crippen molar-refractivity contribution in [1.29, 1.82) is 0 Å². The number of carbonyl (C=O) groups is 1. The summed E-state index contributed by atoms with van der Waals surface area (Å²) in [7, 11) is 0. The number of nitrogens with zero attached hydrogens (tertiary/aromatic N) is 2. The van der Waals surface area contributed by atoms with Crippen LogP contribution in [-0.4, -0.2) is 34.0 Å². The molecule has 0 aliphatic carbocycles. The lowest BCUT2D eigenvalue weighted by atomic mass is 9.98. The zero-order valence-corrected chi connectivity index (χ0v) is 15.2. The highest BCUT2D eigenvalue weighted by Crippen LogP contribution is 2.24. The number of aromatic nitrogens is 2. The number of H-pyrrole nitrogens is 1. The van der Waals surface area contributed by atoms with Crippen molar-refractivity contribution in [2.24, 2.45) is 5.92 Å². The quantitative estimate of drug-likeness (QED) is 0.739. The van der Waals surface area contributed by atoms with Crippen molar-refractivity contribution in [3.05, 3.63) is 65.4 Å². The van der Waals surface area contributed by atoms with Crippen LogP contribution in [-0.2, 0) is 24.2 Å². The maximum Gasteiger partial charge on any atom is 0.134 e. The second kappa shape index (κ2) is 7.42. The van der Waals surface area contributed by atoms with E-state index in [4.69, 9.17) is 0 Å². The minimum atomic E-state index is 0.216. The van der Waals surface area contributed by atoms with E-state index in [1.807, 2.05) is 6.20 Å². The van der Waals surface area contributed by atoms with Gasteiger partial charge in [-0.05, 0) is 61.1 Å². The van der Waals surface area contributed by atoms with Crippen molar-refractivity contribution in [3.8, 4) is 0 Å². The molecule has 1 aromatic heterocycles. The fourth-order valence-electron chi connectivity index (χ4n) is 3.98. The van der Waals surface area contributed by atoms with Crippen LogP contribution in [0.2, 0.25) is 0 Å². The molecule has 0 radical (unpaired) electrons. The van der Waals surface area contributed by atoms with E-state index in [-0.39, 0.29) is 5.78 Å². The number of rotatable bonds is 6. The van der Waals surface area contributed by atoms with Crippen LogP contribution in [0.4, 0.5) is 0 Å². The van der Waals surface area contributed by atoms with Crippen molar-refractivity contribution in [3.63, 3.8) is 0 Å². The van der Waals surface area contributed by atoms with Gasteiger partial charge in [0.15, 0.2) is 0 Å². The van der Waals surface area contributed by atoms with Crippen molar-refractivity contribution < 1.29 is 4.79 Å². The predicted octanol–water partition coefficient (Wildman–Crippen LogP) is 3.76. The number of hydrogen-bond donors (Lipinski definition) is 1. The van der Waals surface area contributed by atoms with Gasteiger partial charge in [0.25, 0.3) is 0 Å². The molecule has 0 amide bonds. The molecule has 4 nitrogen and oxygen atoms in total. The zero-order valence-electron chi connectivity index (χ0n) is 15.2. The molecule has 0 bridgehead atoms. The highest BCUT2D eigenvalue weighted by atomic mass is 16.1. The molecule has 4 heteroatoms. The van der Waals surface area contributed by atoms with Crippen molar-refractivity contribution in [2.45, 2.75) is 32.7 Å². The van der Waals surface area contributed by atoms with Gasteiger partial charge in [0, 0.05) is 24.9 Å². The minimum absolute atomic E-state index is 0.216. The summed E-state index contributed by atoms with van der Waals surface area (Å²) in [5, 5.41) is 8.31. The van der Waals surface area contributed by atoms with E-state index in [1.54, 1.807) is 6.92 Å². The first-order chi connectivity index (χ1) is 12.7. The Morgan fingerprint density at radius 3 is 2.73 bits per heavy atom. The monoisotopic (exact) mass is 347 g/mol. The molecule has 0 saturated carbocycles. The van der Waals surface area contributed by atoms with Crippen LogP contribution in [0.3, 0.4) is 0 Å². The van der Waals surface area contributed by atoms with E-state index in [1.165, 1.54) is 22.9 Å². The molecule has 1 aliphatic rings. The Morgan fingerprint density at radius 1 is 1.15 bits per heavy atom. The highest BCUT2D eigenvalue weighted by molar-refractivity contribution is 5.78. The molecule has 1 saturated heterocycles. The molecular weight excluding hydrogens is 322 g/mol. The summed E-state index contributed by atoms with van der Waals surface area (Å²) in [5.74, 6) is 0.935. The van der Waals surface area contributed by atoms with Crippen LogP contribution in [0.5, 0.6) is 0 Å². The second-order valence-corrected chi connectivity index (χ2v) is 7.58. The zero-order chi connectivity index (χ0) is 17.9. The SMILES string of the molecule is CC(=O)Cc1ccc(CN2CCC(Cc3ccc4[nH]ncc4c3)C2)cc1. The van der Waals surface area contributed by atoms with Crippen LogP contribution in [0.25, 0.3) is 10.9 Å². The van der Waals surface area contributed by atoms with Crippen LogP contribution in [0, 0.1) is 5.92 Å². The first kappa shape index (κ1) is 17.0. The van der Waals surface area contributed by atoms with Gasteiger partial charge >= 0.3 is 0 Å². The standard InChI is InChI=1S/C22H25N3O/c1-16(26)10-17-2-4-18(5-3-17)14-25-9-8-20(15-25)11-19-6-7-22-21(12-19)13-23-24-22/h2-7,12-13,20H,8-11,14-15H2,1H3,(H,23,24). The molecule has 1 unspecified atom stereocenters. The van der Waals surface area contributed by atoms with Gasteiger partial charge in [-0.2, -0.15) is 5.10 Å². The minimum Gasteiger partial charge on any atom is -0.300 e. The lowest BCUT2D eigenvalue weighted by Gasteiger charge is -2.16. The lowest BCUT2D eigenvalue weighted by molar-refractivity contribution is -0.116. The molecule has 4 rings (SSSR count). The van der Waals surface area contributed by atoms with Gasteiger partial charge in [0.1, 0.15) is 5.78 Å². The number of carbonyl (C=O) groups excluding carboxylic acids is 1. The molecule has 3 aromatic rings. The summed E-state index contributed by atoms with van der Waals surface area (Å²) in [6.07, 6.45) is 4.82. The summed E-state index contributed by atoms with van der Waals surface area (Å²) in [4.78, 5) is 13.7. The fraction of sp³-hybridized carbons (Fsp3) is 0.364. The maximum atomic E-state index is 11.2. The topological polar surface area (TPSA) is 49.0 Å². The van der Waals surface area contributed by atoms with E-state index < -0.39 is 0 Å². The number of Topliss-reactive ketones (excluding diaryl/α,β-unsaturated/α-hetero) is 1. The van der Waals surface area contributed by atoms with E-state index >= 15 is 0 Å². The summed E-state index contributed by atoms with van der Waals surface area (Å²) in [5.41, 5.74) is 4.95. The van der Waals surface area contributed by atoms with E-state index in [2.05, 4.69) is 57.6 Å². The summed E-state index contributed by atoms with van der Waals surface area (Å²) in [6.45, 7) is 4.95. The van der Waals surface area contributed by atoms with Crippen molar-refractivity contribution in [1.82, 2.24) is 15.1 Å². The lowest BCUT2D eigenvalue weighted by Crippen LogP contribution is -2.20. The summed E-state index contributed by atoms with van der Waals surface area (Å²) in [6, 6.07) is 15.1. The first-order valence-electron chi connectivity index (χ1n) is 9.37. The van der Waals surface area contributed by atoms with Crippen LogP contribution in [0.15, 0.2) is 48.7 Å². The normalized spacial score (nSPS) is 17.8. The maximum absolute atomic E-state index is 11.2. The number of benzene rings is 2. The summed E-state index contributed by atoms with van der Waals surface area (Å²) >= 11 is 0. The van der Waals surface area contributed by atoms with Crippen LogP contribution >= 0.6 is 0 Å². The van der Waals surface area contributed by atoms with Gasteiger partial charge in [0.05, 0.1) is 11.7 Å². The smallest absolute Gasteiger partial charge is 0.134 e. The van der Waals surface area contributed by atoms with E-state index in [0.29, 0.717) is 6.42 Å². The molecule has 1 aliphatic heterocycles. The molecular formula is C22H25N3O. The van der Waals surface area contributed by atoms with Gasteiger partial charge in [-0.3, -0.25) is 14.8 Å². The van der Waals surface area contributed by atoms with Crippen LogP contribution in [0.1, 0.15) is 30.0 Å². The Labute approximate surface area is 154 Å². The number of nitrogens with one attached hydrogen (secondary N) is 1. The van der Waals surface area contributed by atoms with Gasteiger partial charge in [-0.1, -0.05) is 30.3 Å². The Kier molecular flexibility index (Phi) is 4.85. The molecule has 1 N–H and O–H groups in total. The van der Waals surface area contributed by atoms with E-state index in [0.717, 1.165) is 43.1 Å². The Bertz CT molecular complexity index is 897. The molecule has 26 heavy (non-hydrogen) atoms. The number of aromatic amines is 1. The predicted molar refractivity (Wildman–Crippen MR) is 104 cm³/mol. The average Bonchev–Trinajstić information content (AvgIpc) is 3.25. The Morgan fingerprint density at radius 2 is 1.92 bits per heavy atom. The number of ketones is 1. The molecule has 2 aromatic carbocycles. The van der Waals surface area contributed by atoms with Gasteiger partial charge < -0.3 is 0 Å². The molecule has 1 atom stereocenters. The Balaban J connectivity index is 1.32. The molecule has 134 valence electrons. The average molecular weight is 347 g/mol. The van der Waals surface area contributed by atoms with Gasteiger partial charge in [0.2, 0.25) is 0 Å². The van der Waals surface area contributed by atoms with Gasteiger partial charge in [-0.15, -0.1) is 0 Å². The van der Waals surface area contributed by atoms with Crippen LogP contribution < -0.4 is 0 Å². The first-order valence-corrected chi connectivity index (χ1v) is 9.37. The van der Waals surface area contributed by atoms with Crippen molar-refractivity contribution in [2.75, 3.05) is 13.1 Å². The Hall–Kier alpha value is -2.46. The van der Waals surface area contributed by atoms with Crippen molar-refractivity contribution >= 4 is 16.7 Å². The fourth-order valence-corrected chi connectivity index (χ4v) is 3.98. The number of hydrogen-bond acceptors (Lipinski definition) is 3. The third kappa shape index (κ3) is 4.02. The molecule has 1 fully saturated rings.